The molecule has 0 saturated carbocycles. The van der Waals surface area contributed by atoms with Crippen molar-refractivity contribution in [3.05, 3.63) is 48.2 Å². The highest BCUT2D eigenvalue weighted by Crippen LogP contribution is 2.31. The van der Waals surface area contributed by atoms with Gasteiger partial charge in [0.15, 0.2) is 5.58 Å². The van der Waals surface area contributed by atoms with Crippen LogP contribution in [0.3, 0.4) is 0 Å². The van der Waals surface area contributed by atoms with Crippen LogP contribution in [0.1, 0.15) is 18.9 Å². The van der Waals surface area contributed by atoms with Crippen LogP contribution in [0.2, 0.25) is 0 Å². The third-order valence-electron chi connectivity index (χ3n) is 3.31. The van der Waals surface area contributed by atoms with E-state index in [0.717, 1.165) is 34.5 Å². The van der Waals surface area contributed by atoms with Crippen molar-refractivity contribution in [3.63, 3.8) is 0 Å². The molecule has 0 aliphatic heterocycles. The Kier molecular flexibility index (Phi) is 4.22. The van der Waals surface area contributed by atoms with E-state index in [9.17, 15) is 0 Å². The molecule has 108 valence electrons. The number of hydrogen-bond acceptors (Lipinski definition) is 5. The highest BCUT2D eigenvalue weighted by Gasteiger charge is 2.13. The Morgan fingerprint density at radius 3 is 2.90 bits per heavy atom. The SMILES string of the molecule is CCC(N)Cc1cccnc1Sc1nc2ccccc2o1. The number of para-hydroxylation sites is 2. The number of rotatable bonds is 5. The minimum atomic E-state index is 0.150. The lowest BCUT2D eigenvalue weighted by molar-refractivity contribution is 0.489. The van der Waals surface area contributed by atoms with Crippen molar-refractivity contribution in [1.82, 2.24) is 9.97 Å². The summed E-state index contributed by atoms with van der Waals surface area (Å²) in [5.41, 5.74) is 8.85. The molecule has 0 bridgehead atoms. The molecule has 1 aromatic carbocycles. The second kappa shape index (κ2) is 6.28. The van der Waals surface area contributed by atoms with E-state index < -0.39 is 0 Å². The molecule has 0 saturated heterocycles. The predicted octanol–water partition coefficient (Wildman–Crippen LogP) is 3.65. The maximum absolute atomic E-state index is 6.05. The second-order valence-electron chi connectivity index (χ2n) is 4.89. The van der Waals surface area contributed by atoms with E-state index in [1.54, 1.807) is 6.20 Å². The molecule has 1 atom stereocenters. The highest BCUT2D eigenvalue weighted by atomic mass is 32.2. The van der Waals surface area contributed by atoms with Gasteiger partial charge in [-0.05, 0) is 48.4 Å². The molecule has 2 heterocycles. The molecule has 0 fully saturated rings. The van der Waals surface area contributed by atoms with Crippen molar-refractivity contribution in [3.8, 4) is 0 Å². The first-order valence-corrected chi connectivity index (χ1v) is 7.81. The molecule has 0 radical (unpaired) electrons. The standard InChI is InChI=1S/C16H17N3OS/c1-2-12(17)10-11-6-5-9-18-15(11)21-16-19-13-7-3-4-8-14(13)20-16/h3-9,12H,2,10,17H2,1H3. The summed E-state index contributed by atoms with van der Waals surface area (Å²) in [4.78, 5) is 8.91. The van der Waals surface area contributed by atoms with E-state index >= 15 is 0 Å². The molecule has 21 heavy (non-hydrogen) atoms. The minimum Gasteiger partial charge on any atom is -0.431 e. The molecule has 2 N–H and O–H groups in total. The number of aromatic nitrogens is 2. The normalized spacial score (nSPS) is 12.7. The van der Waals surface area contributed by atoms with Gasteiger partial charge in [-0.15, -0.1) is 0 Å². The first kappa shape index (κ1) is 14.1. The highest BCUT2D eigenvalue weighted by molar-refractivity contribution is 7.99. The van der Waals surface area contributed by atoms with Gasteiger partial charge in [0, 0.05) is 12.2 Å². The number of oxazole rings is 1. The van der Waals surface area contributed by atoms with E-state index in [-0.39, 0.29) is 6.04 Å². The number of fused-ring (bicyclic) bond motifs is 1. The van der Waals surface area contributed by atoms with Crippen LogP contribution in [-0.2, 0) is 6.42 Å². The third-order valence-corrected chi connectivity index (χ3v) is 4.22. The Balaban J connectivity index is 1.87. The predicted molar refractivity (Wildman–Crippen MR) is 84.3 cm³/mol. The monoisotopic (exact) mass is 299 g/mol. The molecule has 0 aliphatic carbocycles. The molecule has 2 aromatic heterocycles. The van der Waals surface area contributed by atoms with Gasteiger partial charge >= 0.3 is 0 Å². The summed E-state index contributed by atoms with van der Waals surface area (Å²) in [5.74, 6) is 0. The molecular weight excluding hydrogens is 282 g/mol. The van der Waals surface area contributed by atoms with Gasteiger partial charge in [0.2, 0.25) is 0 Å². The van der Waals surface area contributed by atoms with Crippen molar-refractivity contribution in [2.24, 2.45) is 5.73 Å². The quantitative estimate of drug-likeness (QED) is 0.779. The Morgan fingerprint density at radius 2 is 2.10 bits per heavy atom. The fourth-order valence-electron chi connectivity index (χ4n) is 2.08. The molecule has 5 heteroatoms. The van der Waals surface area contributed by atoms with Crippen LogP contribution in [-0.4, -0.2) is 16.0 Å². The average Bonchev–Trinajstić information content (AvgIpc) is 2.91. The zero-order valence-electron chi connectivity index (χ0n) is 11.8. The minimum absolute atomic E-state index is 0.150. The third kappa shape index (κ3) is 3.25. The van der Waals surface area contributed by atoms with Gasteiger partial charge < -0.3 is 10.2 Å². The van der Waals surface area contributed by atoms with Crippen LogP contribution >= 0.6 is 11.8 Å². The first-order chi connectivity index (χ1) is 10.3. The summed E-state index contributed by atoms with van der Waals surface area (Å²) in [6.45, 7) is 2.09. The molecule has 4 nitrogen and oxygen atoms in total. The van der Waals surface area contributed by atoms with Gasteiger partial charge in [-0.2, -0.15) is 0 Å². The molecule has 0 spiro atoms. The van der Waals surface area contributed by atoms with Gasteiger partial charge in [0.1, 0.15) is 10.5 Å². The summed E-state index contributed by atoms with van der Waals surface area (Å²) in [7, 11) is 0. The average molecular weight is 299 g/mol. The number of hydrogen-bond donors (Lipinski definition) is 1. The van der Waals surface area contributed by atoms with E-state index in [0.29, 0.717) is 5.22 Å². The van der Waals surface area contributed by atoms with E-state index in [1.807, 2.05) is 30.3 Å². The molecule has 3 rings (SSSR count). The summed E-state index contributed by atoms with van der Waals surface area (Å²) in [6, 6.07) is 11.9. The van der Waals surface area contributed by atoms with Gasteiger partial charge in [-0.1, -0.05) is 25.1 Å². The maximum atomic E-state index is 6.05. The lowest BCUT2D eigenvalue weighted by Crippen LogP contribution is -2.21. The number of benzene rings is 1. The zero-order chi connectivity index (χ0) is 14.7. The van der Waals surface area contributed by atoms with Crippen molar-refractivity contribution in [2.75, 3.05) is 0 Å². The Bertz CT molecular complexity index is 708. The summed E-state index contributed by atoms with van der Waals surface area (Å²) in [6.07, 6.45) is 3.54. The molecular formula is C16H17N3OS. The Hall–Kier alpha value is -1.85. The van der Waals surface area contributed by atoms with Gasteiger partial charge in [0.25, 0.3) is 5.22 Å². The molecule has 0 amide bonds. The van der Waals surface area contributed by atoms with Gasteiger partial charge in [-0.3, -0.25) is 0 Å². The van der Waals surface area contributed by atoms with Crippen LogP contribution < -0.4 is 5.73 Å². The summed E-state index contributed by atoms with van der Waals surface area (Å²) >= 11 is 1.45. The van der Waals surface area contributed by atoms with Crippen LogP contribution in [0, 0.1) is 0 Å². The lowest BCUT2D eigenvalue weighted by atomic mass is 10.1. The second-order valence-corrected chi connectivity index (χ2v) is 5.83. The van der Waals surface area contributed by atoms with E-state index in [1.165, 1.54) is 11.8 Å². The van der Waals surface area contributed by atoms with Crippen molar-refractivity contribution >= 4 is 22.9 Å². The maximum Gasteiger partial charge on any atom is 0.263 e. The smallest absolute Gasteiger partial charge is 0.263 e. The van der Waals surface area contributed by atoms with Crippen molar-refractivity contribution in [2.45, 2.75) is 36.1 Å². The largest absolute Gasteiger partial charge is 0.431 e. The van der Waals surface area contributed by atoms with Crippen LogP contribution in [0.25, 0.3) is 11.1 Å². The van der Waals surface area contributed by atoms with Crippen molar-refractivity contribution < 1.29 is 4.42 Å². The fourth-order valence-corrected chi connectivity index (χ4v) is 2.91. The van der Waals surface area contributed by atoms with E-state index in [2.05, 4.69) is 23.0 Å². The summed E-state index contributed by atoms with van der Waals surface area (Å²) in [5, 5.41) is 1.52. The van der Waals surface area contributed by atoms with E-state index in [4.69, 9.17) is 10.2 Å². The Labute approximate surface area is 127 Å². The molecule has 3 aromatic rings. The topological polar surface area (TPSA) is 64.9 Å². The number of nitrogens with zero attached hydrogens (tertiary/aromatic N) is 2. The summed E-state index contributed by atoms with van der Waals surface area (Å²) < 4.78 is 5.74. The molecule has 1 unspecified atom stereocenters. The lowest BCUT2D eigenvalue weighted by Gasteiger charge is -2.10. The number of nitrogens with two attached hydrogens (primary N) is 1. The zero-order valence-corrected chi connectivity index (χ0v) is 12.6. The molecule has 0 aliphatic rings. The van der Waals surface area contributed by atoms with Crippen molar-refractivity contribution in [1.29, 1.82) is 0 Å². The van der Waals surface area contributed by atoms with Gasteiger partial charge in [0.05, 0.1) is 0 Å². The van der Waals surface area contributed by atoms with Crippen LogP contribution in [0.4, 0.5) is 0 Å². The van der Waals surface area contributed by atoms with Crippen LogP contribution in [0.5, 0.6) is 0 Å². The fraction of sp³-hybridized carbons (Fsp3) is 0.250. The Morgan fingerprint density at radius 1 is 1.24 bits per heavy atom. The van der Waals surface area contributed by atoms with Gasteiger partial charge in [-0.25, -0.2) is 9.97 Å². The van der Waals surface area contributed by atoms with Crippen LogP contribution in [0.15, 0.2) is 57.3 Å². The number of pyridine rings is 1. The first-order valence-electron chi connectivity index (χ1n) is 6.99.